The molecule has 1 aromatic rings. The molecular weight excluding hydrogens is 202 g/mol. The van der Waals surface area contributed by atoms with Crippen LogP contribution in [0.2, 0.25) is 0 Å². The van der Waals surface area contributed by atoms with Crippen LogP contribution >= 0.6 is 0 Å². The van der Waals surface area contributed by atoms with Gasteiger partial charge in [0.15, 0.2) is 0 Å². The number of anilines is 1. The fourth-order valence-corrected chi connectivity index (χ4v) is 2.23. The highest BCUT2D eigenvalue weighted by Gasteiger charge is 2.26. The molecule has 2 aliphatic rings. The van der Waals surface area contributed by atoms with Gasteiger partial charge in [0.05, 0.1) is 6.10 Å². The van der Waals surface area contributed by atoms with Crippen LogP contribution in [0.1, 0.15) is 37.3 Å². The Morgan fingerprint density at radius 1 is 1.12 bits per heavy atom. The van der Waals surface area contributed by atoms with Gasteiger partial charge in [-0.3, -0.25) is 0 Å². The molecule has 0 amide bonds. The summed E-state index contributed by atoms with van der Waals surface area (Å²) in [5, 5.41) is 9.47. The lowest BCUT2D eigenvalue weighted by molar-refractivity contribution is 0.145. The monoisotopic (exact) mass is 219 g/mol. The first kappa shape index (κ1) is 10.0. The van der Waals surface area contributed by atoms with Gasteiger partial charge in [-0.1, -0.05) is 0 Å². The predicted molar refractivity (Wildman–Crippen MR) is 61.5 cm³/mol. The standard InChI is InChI=1S/C12H17N3O/c16-10-3-5-15(6-4-10)12-7-11(9-1-2-9)13-8-14-12/h7-10,16H,1-6H2. The van der Waals surface area contributed by atoms with Crippen molar-refractivity contribution in [3.63, 3.8) is 0 Å². The molecule has 1 aliphatic heterocycles. The van der Waals surface area contributed by atoms with Crippen molar-refractivity contribution in [3.05, 3.63) is 18.1 Å². The van der Waals surface area contributed by atoms with E-state index in [1.807, 2.05) is 0 Å². The van der Waals surface area contributed by atoms with Crippen molar-refractivity contribution in [2.75, 3.05) is 18.0 Å². The van der Waals surface area contributed by atoms with Crippen LogP contribution in [0.25, 0.3) is 0 Å². The van der Waals surface area contributed by atoms with Crippen molar-refractivity contribution >= 4 is 5.82 Å². The summed E-state index contributed by atoms with van der Waals surface area (Å²) < 4.78 is 0. The van der Waals surface area contributed by atoms with Crippen LogP contribution in [0.5, 0.6) is 0 Å². The zero-order chi connectivity index (χ0) is 11.0. The van der Waals surface area contributed by atoms with Gasteiger partial charge in [-0.05, 0) is 25.7 Å². The summed E-state index contributed by atoms with van der Waals surface area (Å²) in [6, 6.07) is 2.12. The molecule has 16 heavy (non-hydrogen) atoms. The van der Waals surface area contributed by atoms with Gasteiger partial charge in [0.25, 0.3) is 0 Å². The Morgan fingerprint density at radius 2 is 1.88 bits per heavy atom. The van der Waals surface area contributed by atoms with Gasteiger partial charge in [-0.2, -0.15) is 0 Å². The third-order valence-electron chi connectivity index (χ3n) is 3.46. The lowest BCUT2D eigenvalue weighted by atomic mass is 10.1. The Labute approximate surface area is 95.3 Å². The molecule has 1 aromatic heterocycles. The zero-order valence-corrected chi connectivity index (χ0v) is 9.34. The first-order valence-corrected chi connectivity index (χ1v) is 6.08. The molecule has 1 saturated carbocycles. The first-order chi connectivity index (χ1) is 7.83. The Morgan fingerprint density at radius 3 is 2.56 bits per heavy atom. The third kappa shape index (κ3) is 2.02. The van der Waals surface area contributed by atoms with Gasteiger partial charge in [-0.25, -0.2) is 9.97 Å². The molecule has 0 radical (unpaired) electrons. The molecule has 4 heteroatoms. The lowest BCUT2D eigenvalue weighted by Crippen LogP contribution is -2.36. The molecule has 2 fully saturated rings. The van der Waals surface area contributed by atoms with E-state index in [1.165, 1.54) is 18.5 Å². The Hall–Kier alpha value is -1.16. The average molecular weight is 219 g/mol. The van der Waals surface area contributed by atoms with Crippen molar-refractivity contribution in [1.82, 2.24) is 9.97 Å². The third-order valence-corrected chi connectivity index (χ3v) is 3.46. The molecule has 0 atom stereocenters. The zero-order valence-electron chi connectivity index (χ0n) is 9.34. The summed E-state index contributed by atoms with van der Waals surface area (Å²) in [7, 11) is 0. The highest BCUT2D eigenvalue weighted by molar-refractivity contribution is 5.40. The molecule has 4 nitrogen and oxygen atoms in total. The Balaban J connectivity index is 1.75. The van der Waals surface area contributed by atoms with Crippen LogP contribution in [0, 0.1) is 0 Å². The van der Waals surface area contributed by atoms with Crippen LogP contribution < -0.4 is 4.90 Å². The highest BCUT2D eigenvalue weighted by Crippen LogP contribution is 2.39. The minimum absolute atomic E-state index is 0.124. The molecule has 0 aromatic carbocycles. The average Bonchev–Trinajstić information content (AvgIpc) is 3.14. The number of nitrogens with zero attached hydrogens (tertiary/aromatic N) is 3. The minimum atomic E-state index is -0.124. The van der Waals surface area contributed by atoms with E-state index < -0.39 is 0 Å². The Kier molecular flexibility index (Phi) is 2.52. The molecule has 0 bridgehead atoms. The van der Waals surface area contributed by atoms with E-state index in [4.69, 9.17) is 0 Å². The molecule has 0 spiro atoms. The molecule has 1 saturated heterocycles. The second kappa shape index (κ2) is 4.01. The van der Waals surface area contributed by atoms with E-state index in [0.717, 1.165) is 31.7 Å². The summed E-state index contributed by atoms with van der Waals surface area (Å²) in [6.07, 6.45) is 5.80. The van der Waals surface area contributed by atoms with Gasteiger partial charge >= 0.3 is 0 Å². The van der Waals surface area contributed by atoms with E-state index >= 15 is 0 Å². The van der Waals surface area contributed by atoms with Crippen LogP contribution in [0.3, 0.4) is 0 Å². The van der Waals surface area contributed by atoms with Crippen molar-refractivity contribution < 1.29 is 5.11 Å². The topological polar surface area (TPSA) is 49.2 Å². The number of hydrogen-bond acceptors (Lipinski definition) is 4. The van der Waals surface area contributed by atoms with E-state index in [2.05, 4.69) is 20.9 Å². The maximum atomic E-state index is 9.47. The second-order valence-electron chi connectivity index (χ2n) is 4.79. The van der Waals surface area contributed by atoms with E-state index in [1.54, 1.807) is 6.33 Å². The number of aliphatic hydroxyl groups excluding tert-OH is 1. The normalized spacial score (nSPS) is 22.4. The van der Waals surface area contributed by atoms with E-state index in [9.17, 15) is 5.11 Å². The van der Waals surface area contributed by atoms with Crippen LogP contribution in [-0.2, 0) is 0 Å². The fourth-order valence-electron chi connectivity index (χ4n) is 2.23. The molecule has 1 aliphatic carbocycles. The van der Waals surface area contributed by atoms with Gasteiger partial charge < -0.3 is 10.0 Å². The summed E-state index contributed by atoms with van der Waals surface area (Å²) in [4.78, 5) is 10.9. The molecule has 86 valence electrons. The van der Waals surface area contributed by atoms with E-state index in [-0.39, 0.29) is 6.10 Å². The molecular formula is C12H17N3O. The fraction of sp³-hybridized carbons (Fsp3) is 0.667. The maximum Gasteiger partial charge on any atom is 0.132 e. The first-order valence-electron chi connectivity index (χ1n) is 6.08. The lowest BCUT2D eigenvalue weighted by Gasteiger charge is -2.30. The van der Waals surface area contributed by atoms with Gasteiger partial charge in [-0.15, -0.1) is 0 Å². The molecule has 0 unspecified atom stereocenters. The maximum absolute atomic E-state index is 9.47. The minimum Gasteiger partial charge on any atom is -0.393 e. The van der Waals surface area contributed by atoms with Crippen molar-refractivity contribution in [3.8, 4) is 0 Å². The summed E-state index contributed by atoms with van der Waals surface area (Å²) in [5.41, 5.74) is 1.19. The van der Waals surface area contributed by atoms with Crippen LogP contribution in [0.15, 0.2) is 12.4 Å². The van der Waals surface area contributed by atoms with Crippen molar-refractivity contribution in [2.24, 2.45) is 0 Å². The number of piperidine rings is 1. The number of aromatic nitrogens is 2. The highest BCUT2D eigenvalue weighted by atomic mass is 16.3. The molecule has 2 heterocycles. The predicted octanol–water partition coefficient (Wildman–Crippen LogP) is 1.32. The van der Waals surface area contributed by atoms with Crippen molar-refractivity contribution in [2.45, 2.75) is 37.7 Å². The SMILES string of the molecule is OC1CCN(c2cc(C3CC3)ncn2)CC1. The number of aliphatic hydroxyl groups is 1. The van der Waals surface area contributed by atoms with E-state index in [0.29, 0.717) is 5.92 Å². The summed E-state index contributed by atoms with van der Waals surface area (Å²) in [5.74, 6) is 1.71. The van der Waals surface area contributed by atoms with Gasteiger partial charge in [0.1, 0.15) is 12.1 Å². The molecule has 1 N–H and O–H groups in total. The van der Waals surface area contributed by atoms with Crippen LogP contribution in [-0.4, -0.2) is 34.3 Å². The smallest absolute Gasteiger partial charge is 0.132 e. The quantitative estimate of drug-likeness (QED) is 0.815. The number of rotatable bonds is 2. The van der Waals surface area contributed by atoms with Gasteiger partial charge in [0.2, 0.25) is 0 Å². The second-order valence-corrected chi connectivity index (χ2v) is 4.79. The summed E-state index contributed by atoms with van der Waals surface area (Å²) in [6.45, 7) is 1.81. The van der Waals surface area contributed by atoms with Gasteiger partial charge in [0, 0.05) is 30.8 Å². The summed E-state index contributed by atoms with van der Waals surface area (Å²) >= 11 is 0. The van der Waals surface area contributed by atoms with Crippen molar-refractivity contribution in [1.29, 1.82) is 0 Å². The molecule has 3 rings (SSSR count). The Bertz CT molecular complexity index is 370. The number of hydrogen-bond donors (Lipinski definition) is 1. The van der Waals surface area contributed by atoms with Crippen LogP contribution in [0.4, 0.5) is 5.82 Å². The largest absolute Gasteiger partial charge is 0.393 e.